The molecule has 0 aliphatic carbocycles. The van der Waals surface area contributed by atoms with E-state index in [1.54, 1.807) is 44.2 Å². The fourth-order valence-corrected chi connectivity index (χ4v) is 4.78. The first-order chi connectivity index (χ1) is 16.4. The van der Waals surface area contributed by atoms with Gasteiger partial charge in [0.25, 0.3) is 5.56 Å². The van der Waals surface area contributed by atoms with Gasteiger partial charge < -0.3 is 19.4 Å². The molecule has 4 rings (SSSR count). The highest BCUT2D eigenvalue weighted by Crippen LogP contribution is 2.30. The molecule has 0 N–H and O–H groups in total. The van der Waals surface area contributed by atoms with Crippen LogP contribution in [0, 0.1) is 0 Å². The summed E-state index contributed by atoms with van der Waals surface area (Å²) in [7, 11) is 0. The highest BCUT2D eigenvalue weighted by Gasteiger charge is 2.33. The van der Waals surface area contributed by atoms with Crippen molar-refractivity contribution in [3.63, 3.8) is 0 Å². The molecular weight excluding hydrogens is 456 g/mol. The van der Waals surface area contributed by atoms with Crippen LogP contribution in [0.3, 0.4) is 0 Å². The van der Waals surface area contributed by atoms with Gasteiger partial charge in [0.05, 0.1) is 34.4 Å². The molecule has 2 heterocycles. The second-order valence-electron chi connectivity index (χ2n) is 7.45. The molecule has 1 aromatic heterocycles. The molecule has 0 amide bonds. The summed E-state index contributed by atoms with van der Waals surface area (Å²) >= 11 is 1.21. The summed E-state index contributed by atoms with van der Waals surface area (Å²) in [5, 5.41) is 10.7. The quantitative estimate of drug-likeness (QED) is 0.468. The zero-order valence-electron chi connectivity index (χ0n) is 18.5. The summed E-state index contributed by atoms with van der Waals surface area (Å²) in [6.07, 6.45) is 1.68. The van der Waals surface area contributed by atoms with Gasteiger partial charge in [0, 0.05) is 0 Å². The Labute approximate surface area is 198 Å². The number of esters is 1. The maximum atomic E-state index is 13.5. The van der Waals surface area contributed by atoms with Gasteiger partial charge in [-0.15, -0.1) is 0 Å². The molecule has 1 aliphatic heterocycles. The lowest BCUT2D eigenvalue weighted by atomic mass is 9.96. The van der Waals surface area contributed by atoms with E-state index in [2.05, 4.69) is 4.99 Å². The molecule has 1 aliphatic rings. The molecule has 8 nitrogen and oxygen atoms in total. The number of rotatable bonds is 7. The minimum Gasteiger partial charge on any atom is -0.546 e. The average molecular weight is 478 g/mol. The van der Waals surface area contributed by atoms with Gasteiger partial charge in [-0.05, 0) is 43.2 Å². The van der Waals surface area contributed by atoms with Crippen LogP contribution in [0.1, 0.15) is 31.0 Å². The first kappa shape index (κ1) is 23.2. The van der Waals surface area contributed by atoms with E-state index < -0.39 is 24.6 Å². The Bertz CT molecular complexity index is 1450. The second-order valence-corrected chi connectivity index (χ2v) is 8.46. The maximum absolute atomic E-state index is 13.5. The number of carboxylic acid groups (broad SMARTS) is 1. The number of ether oxygens (including phenoxy) is 2. The minimum absolute atomic E-state index is 0.206. The number of hydrogen-bond acceptors (Lipinski definition) is 8. The Kier molecular flexibility index (Phi) is 6.74. The molecule has 0 unspecified atom stereocenters. The van der Waals surface area contributed by atoms with Crippen molar-refractivity contribution in [3.8, 4) is 5.75 Å². The Morgan fingerprint density at radius 3 is 2.65 bits per heavy atom. The fraction of sp³-hybridized carbons (Fsp3) is 0.200. The highest BCUT2D eigenvalue weighted by atomic mass is 32.1. The summed E-state index contributed by atoms with van der Waals surface area (Å²) < 4.78 is 12.4. The van der Waals surface area contributed by atoms with Crippen LogP contribution < -0.4 is 24.7 Å². The van der Waals surface area contributed by atoms with Gasteiger partial charge in [-0.2, -0.15) is 0 Å². The third-order valence-corrected chi connectivity index (χ3v) is 6.13. The smallest absolute Gasteiger partial charge is 0.338 e. The first-order valence-corrected chi connectivity index (χ1v) is 11.4. The van der Waals surface area contributed by atoms with Gasteiger partial charge >= 0.3 is 5.97 Å². The van der Waals surface area contributed by atoms with E-state index in [1.165, 1.54) is 15.9 Å². The van der Waals surface area contributed by atoms with Crippen molar-refractivity contribution in [3.05, 3.63) is 96.7 Å². The molecule has 9 heteroatoms. The normalized spacial score (nSPS) is 15.5. The van der Waals surface area contributed by atoms with Crippen LogP contribution >= 0.6 is 11.3 Å². The van der Waals surface area contributed by atoms with Gasteiger partial charge in [0.2, 0.25) is 0 Å². The SMILES string of the molecule is CCOC(=O)C1=C(C)N=c2s/c(=C/c3cccc(OCC(=O)[O-])c3)c(=O)n2[C@H]1c1ccccc1. The second kappa shape index (κ2) is 9.88. The number of nitrogens with zero attached hydrogens (tertiary/aromatic N) is 2. The molecule has 34 heavy (non-hydrogen) atoms. The van der Waals surface area contributed by atoms with Gasteiger partial charge in [-0.25, -0.2) is 9.79 Å². The first-order valence-electron chi connectivity index (χ1n) is 10.6. The lowest BCUT2D eigenvalue weighted by Crippen LogP contribution is -2.39. The van der Waals surface area contributed by atoms with E-state index in [4.69, 9.17) is 9.47 Å². The topological polar surface area (TPSA) is 110 Å². The van der Waals surface area contributed by atoms with Crippen molar-refractivity contribution in [1.82, 2.24) is 4.57 Å². The van der Waals surface area contributed by atoms with E-state index in [1.807, 2.05) is 30.3 Å². The number of benzene rings is 2. The molecule has 0 fully saturated rings. The zero-order valence-corrected chi connectivity index (χ0v) is 19.3. The van der Waals surface area contributed by atoms with Crippen LogP contribution in [0.5, 0.6) is 5.75 Å². The Hall–Kier alpha value is -3.98. The number of carboxylic acids is 1. The van der Waals surface area contributed by atoms with Gasteiger partial charge in [-0.3, -0.25) is 9.36 Å². The van der Waals surface area contributed by atoms with Crippen molar-refractivity contribution in [2.24, 2.45) is 4.99 Å². The number of allylic oxidation sites excluding steroid dienone is 1. The van der Waals surface area contributed by atoms with E-state index >= 15 is 0 Å². The standard InChI is InChI=1S/C25H22N2O6S/c1-3-32-24(31)21-15(2)26-25-27(22(21)17-9-5-4-6-10-17)23(30)19(34-25)13-16-8-7-11-18(12-16)33-14-20(28)29/h4-13,22H,3,14H2,1-2H3,(H,28,29)/p-1/b19-13+/t22-/m0/s1. The van der Waals surface area contributed by atoms with Crippen molar-refractivity contribution in [1.29, 1.82) is 0 Å². The van der Waals surface area contributed by atoms with Crippen LogP contribution in [-0.4, -0.2) is 29.7 Å². The number of aromatic nitrogens is 1. The number of thiazole rings is 1. The van der Waals surface area contributed by atoms with Gasteiger partial charge in [0.1, 0.15) is 12.4 Å². The lowest BCUT2D eigenvalue weighted by Gasteiger charge is -2.24. The molecule has 3 aromatic rings. The van der Waals surface area contributed by atoms with Crippen LogP contribution in [0.15, 0.2) is 75.7 Å². The number of carbonyl (C=O) groups is 2. The Balaban J connectivity index is 1.84. The van der Waals surface area contributed by atoms with Crippen molar-refractivity contribution in [2.75, 3.05) is 13.2 Å². The van der Waals surface area contributed by atoms with Crippen molar-refractivity contribution in [2.45, 2.75) is 19.9 Å². The summed E-state index contributed by atoms with van der Waals surface area (Å²) in [6, 6.07) is 15.3. The Morgan fingerprint density at radius 2 is 1.94 bits per heavy atom. The number of fused-ring (bicyclic) bond motifs is 1. The largest absolute Gasteiger partial charge is 0.546 e. The Morgan fingerprint density at radius 1 is 1.18 bits per heavy atom. The zero-order chi connectivity index (χ0) is 24.2. The molecule has 0 bridgehead atoms. The molecule has 2 aromatic carbocycles. The molecule has 174 valence electrons. The summed E-state index contributed by atoms with van der Waals surface area (Å²) in [6.45, 7) is 3.10. The van der Waals surface area contributed by atoms with Crippen LogP contribution in [0.4, 0.5) is 0 Å². The fourth-order valence-electron chi connectivity index (χ4n) is 3.73. The highest BCUT2D eigenvalue weighted by molar-refractivity contribution is 7.07. The third kappa shape index (κ3) is 4.69. The summed E-state index contributed by atoms with van der Waals surface area (Å²) in [5.41, 5.74) is 1.94. The summed E-state index contributed by atoms with van der Waals surface area (Å²) in [4.78, 5) is 42.0. The average Bonchev–Trinajstić information content (AvgIpc) is 3.12. The van der Waals surface area contributed by atoms with Crippen molar-refractivity contribution >= 4 is 29.4 Å². The lowest BCUT2D eigenvalue weighted by molar-refractivity contribution is -0.307. The molecular formula is C25H21N2O6S-. The predicted molar refractivity (Wildman–Crippen MR) is 124 cm³/mol. The van der Waals surface area contributed by atoms with Crippen molar-refractivity contribution < 1.29 is 24.2 Å². The maximum Gasteiger partial charge on any atom is 0.338 e. The molecule has 0 spiro atoms. The van der Waals surface area contributed by atoms with E-state index in [0.29, 0.717) is 31.9 Å². The minimum atomic E-state index is -1.33. The van der Waals surface area contributed by atoms with Gasteiger partial charge in [-0.1, -0.05) is 53.8 Å². The van der Waals surface area contributed by atoms with Gasteiger partial charge in [0.15, 0.2) is 4.80 Å². The molecule has 1 atom stereocenters. The number of carbonyl (C=O) groups excluding carboxylic acids is 2. The monoisotopic (exact) mass is 477 g/mol. The summed E-state index contributed by atoms with van der Waals surface area (Å²) in [5.74, 6) is -1.50. The third-order valence-electron chi connectivity index (χ3n) is 5.14. The molecule has 0 radical (unpaired) electrons. The van der Waals surface area contributed by atoms with E-state index in [9.17, 15) is 19.5 Å². The number of aliphatic carboxylic acids is 1. The van der Waals surface area contributed by atoms with Crippen LogP contribution in [0.25, 0.3) is 6.08 Å². The van der Waals surface area contributed by atoms with Crippen LogP contribution in [0.2, 0.25) is 0 Å². The van der Waals surface area contributed by atoms with E-state index in [0.717, 1.165) is 5.56 Å². The number of hydrogen-bond donors (Lipinski definition) is 0. The molecule has 0 saturated heterocycles. The molecule has 0 saturated carbocycles. The predicted octanol–water partition coefficient (Wildman–Crippen LogP) is 0.927. The van der Waals surface area contributed by atoms with E-state index in [-0.39, 0.29) is 12.2 Å². The van der Waals surface area contributed by atoms with Crippen LogP contribution in [-0.2, 0) is 14.3 Å².